The summed E-state index contributed by atoms with van der Waals surface area (Å²) in [6.07, 6.45) is 0. The number of nitrogens with one attached hydrogen (secondary N) is 1. The summed E-state index contributed by atoms with van der Waals surface area (Å²) >= 11 is 7.55. The first kappa shape index (κ1) is 22.4. The van der Waals surface area contributed by atoms with E-state index in [1.54, 1.807) is 24.3 Å². The van der Waals surface area contributed by atoms with Gasteiger partial charge in [-0.2, -0.15) is 15.0 Å². The lowest BCUT2D eigenvalue weighted by atomic mass is 10.2. The van der Waals surface area contributed by atoms with E-state index >= 15 is 0 Å². The van der Waals surface area contributed by atoms with Crippen LogP contribution in [0.15, 0.2) is 53.7 Å². The summed E-state index contributed by atoms with van der Waals surface area (Å²) in [5.41, 5.74) is 7.12. The highest BCUT2D eigenvalue weighted by molar-refractivity contribution is 7.98. The van der Waals surface area contributed by atoms with Crippen LogP contribution in [0.25, 0.3) is 11.4 Å². The first-order valence-electron chi connectivity index (χ1n) is 9.77. The third-order valence-corrected chi connectivity index (χ3v) is 5.79. The molecule has 2 aromatic carbocycles. The molecule has 0 saturated heterocycles. The lowest BCUT2D eigenvalue weighted by molar-refractivity contribution is -0.384. The second-order valence-electron chi connectivity index (χ2n) is 6.68. The van der Waals surface area contributed by atoms with Gasteiger partial charge in [0.25, 0.3) is 5.69 Å². The summed E-state index contributed by atoms with van der Waals surface area (Å²) in [6, 6.07) is 13.5. The number of thioether (sulfide) groups is 1. The number of nitrogens with zero attached hydrogens (tertiary/aromatic N) is 7. The van der Waals surface area contributed by atoms with E-state index in [4.69, 9.17) is 17.3 Å². The number of nitrogen functional groups attached to an aromatic ring is 1. The third-order valence-electron chi connectivity index (χ3n) is 4.50. The molecule has 2 aromatic heterocycles. The topological polar surface area (TPSA) is 151 Å². The fourth-order valence-corrected chi connectivity index (χ4v) is 4.06. The van der Waals surface area contributed by atoms with Crippen molar-refractivity contribution in [1.82, 2.24) is 29.7 Å². The number of nitrogens with two attached hydrogens (primary N) is 1. The monoisotopic (exact) mass is 483 g/mol. The first-order chi connectivity index (χ1) is 15.9. The van der Waals surface area contributed by atoms with Crippen molar-refractivity contribution in [3.05, 3.63) is 69.5 Å². The molecule has 0 aliphatic heterocycles. The molecule has 0 saturated carbocycles. The number of non-ortho nitro benzene ring substituents is 1. The molecule has 4 aromatic rings. The zero-order valence-corrected chi connectivity index (χ0v) is 18.9. The number of aromatic nitrogens is 6. The highest BCUT2D eigenvalue weighted by Gasteiger charge is 2.17. The largest absolute Gasteiger partial charge is 0.368 e. The Bertz CT molecular complexity index is 1310. The number of benzene rings is 2. The zero-order valence-electron chi connectivity index (χ0n) is 17.3. The van der Waals surface area contributed by atoms with Gasteiger partial charge >= 0.3 is 0 Å². The molecular formula is C20H18ClN9O2S. The van der Waals surface area contributed by atoms with Crippen molar-refractivity contribution in [3.8, 4) is 11.4 Å². The summed E-state index contributed by atoms with van der Waals surface area (Å²) in [5.74, 6) is 1.70. The van der Waals surface area contributed by atoms with Gasteiger partial charge in [0.1, 0.15) is 5.82 Å². The van der Waals surface area contributed by atoms with Crippen LogP contribution in [0.2, 0.25) is 5.02 Å². The average molecular weight is 484 g/mol. The van der Waals surface area contributed by atoms with Crippen LogP contribution < -0.4 is 11.1 Å². The Morgan fingerprint density at radius 2 is 1.97 bits per heavy atom. The Morgan fingerprint density at radius 3 is 2.73 bits per heavy atom. The fourth-order valence-electron chi connectivity index (χ4n) is 3.02. The summed E-state index contributed by atoms with van der Waals surface area (Å²) < 4.78 is 1.87. The van der Waals surface area contributed by atoms with E-state index in [2.05, 4.69) is 30.5 Å². The van der Waals surface area contributed by atoms with E-state index in [-0.39, 0.29) is 17.6 Å². The number of hydrogen-bond acceptors (Lipinski definition) is 10. The highest BCUT2D eigenvalue weighted by atomic mass is 35.5. The van der Waals surface area contributed by atoms with Crippen LogP contribution in [0.5, 0.6) is 0 Å². The van der Waals surface area contributed by atoms with E-state index in [1.165, 1.54) is 23.9 Å². The van der Waals surface area contributed by atoms with Crippen LogP contribution in [0.3, 0.4) is 0 Å². The SMILES string of the molecule is CCn1c(SCc2nc(N)nc(Nc3ccccc3Cl)n2)nnc1-c1cccc([N+](=O)[O-])c1. The molecule has 3 N–H and O–H groups in total. The number of nitro groups is 1. The Kier molecular flexibility index (Phi) is 6.66. The molecule has 0 spiro atoms. The molecule has 0 aliphatic rings. The smallest absolute Gasteiger partial charge is 0.270 e. The first-order valence-corrected chi connectivity index (χ1v) is 11.1. The number of nitro benzene ring substituents is 1. The van der Waals surface area contributed by atoms with Crippen LogP contribution >= 0.6 is 23.4 Å². The van der Waals surface area contributed by atoms with Crippen LogP contribution in [-0.4, -0.2) is 34.6 Å². The molecule has 0 bridgehead atoms. The molecule has 13 heteroatoms. The standard InChI is InChI=1S/C20H18ClN9O2S/c1-2-29-17(12-6-5-7-13(10-12)30(31)32)27-28-20(29)33-11-16-24-18(22)26-19(25-16)23-15-9-4-3-8-14(15)21/h3-10H,2,11H2,1H3,(H3,22,23,24,25,26). The fraction of sp³-hybridized carbons (Fsp3) is 0.150. The minimum absolute atomic E-state index is 0.00781. The van der Waals surface area contributed by atoms with Crippen molar-refractivity contribution in [2.24, 2.45) is 0 Å². The van der Waals surface area contributed by atoms with E-state index < -0.39 is 4.92 Å². The minimum atomic E-state index is -0.439. The quantitative estimate of drug-likeness (QED) is 0.210. The second kappa shape index (κ2) is 9.79. The van der Waals surface area contributed by atoms with Gasteiger partial charge in [0.2, 0.25) is 11.9 Å². The Labute approximate surface area is 197 Å². The van der Waals surface area contributed by atoms with Crippen molar-refractivity contribution in [3.63, 3.8) is 0 Å². The van der Waals surface area contributed by atoms with Crippen LogP contribution in [0, 0.1) is 10.1 Å². The van der Waals surface area contributed by atoms with Crippen LogP contribution in [0.1, 0.15) is 12.7 Å². The molecule has 2 heterocycles. The van der Waals surface area contributed by atoms with Gasteiger partial charge in [-0.25, -0.2) is 0 Å². The normalized spacial score (nSPS) is 10.8. The van der Waals surface area contributed by atoms with E-state index in [1.807, 2.05) is 23.6 Å². The van der Waals surface area contributed by atoms with Gasteiger partial charge in [-0.15, -0.1) is 10.2 Å². The van der Waals surface area contributed by atoms with Gasteiger partial charge in [0.05, 0.1) is 21.4 Å². The lowest BCUT2D eigenvalue weighted by Gasteiger charge is -2.09. The average Bonchev–Trinajstić information content (AvgIpc) is 3.22. The molecule has 0 aliphatic carbocycles. The summed E-state index contributed by atoms with van der Waals surface area (Å²) in [6.45, 7) is 2.52. The van der Waals surface area contributed by atoms with E-state index in [9.17, 15) is 10.1 Å². The van der Waals surface area contributed by atoms with Gasteiger partial charge in [-0.1, -0.05) is 47.6 Å². The van der Waals surface area contributed by atoms with Crippen molar-refractivity contribution in [2.45, 2.75) is 24.4 Å². The summed E-state index contributed by atoms with van der Waals surface area (Å²) in [5, 5.41) is 23.8. The molecule has 11 nitrogen and oxygen atoms in total. The van der Waals surface area contributed by atoms with Gasteiger partial charge in [0.15, 0.2) is 11.0 Å². The number of para-hydroxylation sites is 1. The van der Waals surface area contributed by atoms with Crippen molar-refractivity contribution < 1.29 is 4.92 Å². The molecular weight excluding hydrogens is 466 g/mol. The maximum Gasteiger partial charge on any atom is 0.270 e. The molecule has 0 atom stereocenters. The van der Waals surface area contributed by atoms with Crippen LogP contribution in [-0.2, 0) is 12.3 Å². The van der Waals surface area contributed by atoms with Gasteiger partial charge in [-0.3, -0.25) is 10.1 Å². The number of rotatable bonds is 8. The highest BCUT2D eigenvalue weighted by Crippen LogP contribution is 2.28. The van der Waals surface area contributed by atoms with Gasteiger partial charge in [-0.05, 0) is 19.1 Å². The Morgan fingerprint density at radius 1 is 1.15 bits per heavy atom. The van der Waals surface area contributed by atoms with Gasteiger partial charge in [0, 0.05) is 24.2 Å². The van der Waals surface area contributed by atoms with Crippen molar-refractivity contribution >= 4 is 46.6 Å². The number of hydrogen-bond donors (Lipinski definition) is 2. The summed E-state index contributed by atoms with van der Waals surface area (Å²) in [4.78, 5) is 23.4. The Balaban J connectivity index is 1.54. The molecule has 33 heavy (non-hydrogen) atoms. The number of anilines is 3. The molecule has 0 amide bonds. The van der Waals surface area contributed by atoms with Crippen molar-refractivity contribution in [2.75, 3.05) is 11.1 Å². The maximum absolute atomic E-state index is 11.1. The molecule has 0 radical (unpaired) electrons. The van der Waals surface area contributed by atoms with Gasteiger partial charge < -0.3 is 15.6 Å². The van der Waals surface area contributed by atoms with Crippen LogP contribution in [0.4, 0.5) is 23.3 Å². The predicted octanol–water partition coefficient (Wildman–Crippen LogP) is 4.33. The molecule has 0 unspecified atom stereocenters. The molecule has 168 valence electrons. The molecule has 0 fully saturated rings. The van der Waals surface area contributed by atoms with Crippen molar-refractivity contribution in [1.29, 1.82) is 0 Å². The Hall–Kier alpha value is -3.77. The number of halogens is 1. The predicted molar refractivity (Wildman–Crippen MR) is 126 cm³/mol. The maximum atomic E-state index is 11.1. The third kappa shape index (κ3) is 5.18. The zero-order chi connectivity index (χ0) is 23.4. The second-order valence-corrected chi connectivity index (χ2v) is 8.03. The minimum Gasteiger partial charge on any atom is -0.368 e. The molecule has 4 rings (SSSR count). The summed E-state index contributed by atoms with van der Waals surface area (Å²) in [7, 11) is 0. The van der Waals surface area contributed by atoms with E-state index in [0.717, 1.165) is 0 Å². The van der Waals surface area contributed by atoms with E-state index in [0.29, 0.717) is 45.4 Å². The lowest BCUT2D eigenvalue weighted by Crippen LogP contribution is -2.07.